The molecule has 0 spiro atoms. The van der Waals surface area contributed by atoms with Crippen molar-refractivity contribution < 1.29 is 14.3 Å². The number of carbonyl (C=O) groups excluding carboxylic acids is 2. The van der Waals surface area contributed by atoms with E-state index in [1.807, 2.05) is 0 Å². The van der Waals surface area contributed by atoms with E-state index in [1.165, 1.54) is 4.90 Å². The number of hydrogen-bond acceptors (Lipinski definition) is 3. The molecular formula is C10H16N2O3. The zero-order valence-corrected chi connectivity index (χ0v) is 9.46. The molecule has 1 rings (SSSR count). The van der Waals surface area contributed by atoms with Gasteiger partial charge in [-0.3, -0.25) is 9.59 Å². The van der Waals surface area contributed by atoms with Crippen LogP contribution in [-0.4, -0.2) is 43.5 Å². The molecule has 0 fully saturated rings. The molecule has 1 unspecified atom stereocenters. The lowest BCUT2D eigenvalue weighted by atomic mass is 10.0. The predicted octanol–water partition coefficient (Wildman–Crippen LogP) is -0.117. The molecule has 84 valence electrons. The van der Waals surface area contributed by atoms with Gasteiger partial charge >= 0.3 is 0 Å². The third-order valence-corrected chi connectivity index (χ3v) is 2.34. The van der Waals surface area contributed by atoms with Gasteiger partial charge in [0, 0.05) is 27.6 Å². The monoisotopic (exact) mass is 212 g/mol. The van der Waals surface area contributed by atoms with Crippen LogP contribution in [0.1, 0.15) is 13.3 Å². The quantitative estimate of drug-likeness (QED) is 0.694. The second-order valence-corrected chi connectivity index (χ2v) is 3.88. The highest BCUT2D eigenvalue weighted by atomic mass is 16.5. The number of ether oxygens (including phenoxy) is 1. The van der Waals surface area contributed by atoms with Crippen molar-refractivity contribution in [3.63, 3.8) is 0 Å². The first-order valence-corrected chi connectivity index (χ1v) is 4.74. The second-order valence-electron chi connectivity index (χ2n) is 3.88. The summed E-state index contributed by atoms with van der Waals surface area (Å²) in [5.41, 5.74) is -0.949. The normalized spacial score (nSPS) is 24.1. The fourth-order valence-electron chi connectivity index (χ4n) is 1.37. The molecule has 0 aromatic rings. The third kappa shape index (κ3) is 2.11. The van der Waals surface area contributed by atoms with E-state index in [1.54, 1.807) is 34.1 Å². The molecule has 1 N–H and O–H groups in total. The van der Waals surface area contributed by atoms with Gasteiger partial charge < -0.3 is 15.0 Å². The van der Waals surface area contributed by atoms with Crippen LogP contribution in [-0.2, 0) is 14.3 Å². The van der Waals surface area contributed by atoms with Crippen molar-refractivity contribution in [2.24, 2.45) is 0 Å². The molecule has 2 amide bonds. The molecule has 0 saturated carbocycles. The lowest BCUT2D eigenvalue weighted by molar-refractivity contribution is -0.141. The maximum absolute atomic E-state index is 11.5. The van der Waals surface area contributed by atoms with Crippen LogP contribution in [0.4, 0.5) is 0 Å². The van der Waals surface area contributed by atoms with Gasteiger partial charge in [-0.15, -0.1) is 0 Å². The van der Waals surface area contributed by atoms with Gasteiger partial charge in [0.2, 0.25) is 0 Å². The molecule has 15 heavy (non-hydrogen) atoms. The third-order valence-electron chi connectivity index (χ3n) is 2.34. The van der Waals surface area contributed by atoms with Crippen molar-refractivity contribution in [1.82, 2.24) is 10.2 Å². The number of amides is 2. The van der Waals surface area contributed by atoms with E-state index in [0.29, 0.717) is 6.42 Å². The first kappa shape index (κ1) is 11.6. The number of nitrogens with one attached hydrogen (secondary N) is 1. The fraction of sp³-hybridized carbons (Fsp3) is 0.600. The van der Waals surface area contributed by atoms with Gasteiger partial charge in [-0.2, -0.15) is 0 Å². The first-order valence-electron chi connectivity index (χ1n) is 4.74. The average molecular weight is 212 g/mol. The minimum atomic E-state index is -0.949. The summed E-state index contributed by atoms with van der Waals surface area (Å²) in [4.78, 5) is 24.4. The van der Waals surface area contributed by atoms with E-state index >= 15 is 0 Å². The highest BCUT2D eigenvalue weighted by Crippen LogP contribution is 2.28. The molecule has 0 aromatic heterocycles. The van der Waals surface area contributed by atoms with E-state index in [0.717, 1.165) is 0 Å². The van der Waals surface area contributed by atoms with Crippen LogP contribution in [0, 0.1) is 0 Å². The predicted molar refractivity (Wildman–Crippen MR) is 55.0 cm³/mol. The van der Waals surface area contributed by atoms with Crippen LogP contribution in [0.25, 0.3) is 0 Å². The largest absolute Gasteiger partial charge is 0.472 e. The number of hydrogen-bond donors (Lipinski definition) is 1. The average Bonchev–Trinajstić information content (AvgIpc) is 2.59. The molecule has 0 saturated heterocycles. The van der Waals surface area contributed by atoms with E-state index in [2.05, 4.69) is 5.32 Å². The number of nitrogens with zero attached hydrogens (tertiary/aromatic N) is 1. The summed E-state index contributed by atoms with van der Waals surface area (Å²) in [7, 11) is 4.83. The van der Waals surface area contributed by atoms with Crippen molar-refractivity contribution in [2.45, 2.75) is 18.9 Å². The highest BCUT2D eigenvalue weighted by Gasteiger charge is 2.40. The molecule has 5 heteroatoms. The molecule has 0 aromatic carbocycles. The van der Waals surface area contributed by atoms with Crippen molar-refractivity contribution in [2.75, 3.05) is 21.1 Å². The fourth-order valence-corrected chi connectivity index (χ4v) is 1.37. The Balaban J connectivity index is 2.73. The minimum absolute atomic E-state index is 0.220. The molecule has 0 radical (unpaired) electrons. The minimum Gasteiger partial charge on any atom is -0.472 e. The van der Waals surface area contributed by atoms with E-state index in [4.69, 9.17) is 4.74 Å². The van der Waals surface area contributed by atoms with Gasteiger partial charge in [-0.25, -0.2) is 0 Å². The van der Waals surface area contributed by atoms with Gasteiger partial charge in [-0.1, -0.05) is 0 Å². The lowest BCUT2D eigenvalue weighted by Crippen LogP contribution is -2.43. The van der Waals surface area contributed by atoms with E-state index in [9.17, 15) is 9.59 Å². The van der Waals surface area contributed by atoms with Crippen LogP contribution < -0.4 is 5.32 Å². The Hall–Kier alpha value is -1.52. The van der Waals surface area contributed by atoms with Crippen molar-refractivity contribution >= 4 is 11.8 Å². The zero-order valence-electron chi connectivity index (χ0n) is 9.46. The van der Waals surface area contributed by atoms with E-state index < -0.39 is 5.60 Å². The Labute approximate surface area is 89.1 Å². The van der Waals surface area contributed by atoms with Crippen molar-refractivity contribution in [1.29, 1.82) is 0 Å². The lowest BCUT2D eigenvalue weighted by Gasteiger charge is -2.23. The van der Waals surface area contributed by atoms with Gasteiger partial charge in [0.1, 0.15) is 0 Å². The summed E-state index contributed by atoms with van der Waals surface area (Å²) in [6, 6.07) is 0. The van der Waals surface area contributed by atoms with Crippen molar-refractivity contribution in [3.05, 3.63) is 11.8 Å². The second kappa shape index (κ2) is 3.92. The Bertz CT molecular complexity index is 323. The van der Waals surface area contributed by atoms with Gasteiger partial charge in [-0.05, 0) is 13.0 Å². The van der Waals surface area contributed by atoms with Gasteiger partial charge in [0.05, 0.1) is 0 Å². The highest BCUT2D eigenvalue weighted by molar-refractivity contribution is 5.94. The number of rotatable bonds is 2. The van der Waals surface area contributed by atoms with E-state index in [-0.39, 0.29) is 17.6 Å². The van der Waals surface area contributed by atoms with Crippen LogP contribution in [0.15, 0.2) is 11.8 Å². The summed E-state index contributed by atoms with van der Waals surface area (Å²) < 4.78 is 5.38. The summed E-state index contributed by atoms with van der Waals surface area (Å²) in [5.74, 6) is -0.200. The summed E-state index contributed by atoms with van der Waals surface area (Å²) >= 11 is 0. The SMILES string of the molecule is CNC(=O)C1(C)CC=C(C(=O)N(C)C)O1. The maximum atomic E-state index is 11.5. The molecule has 0 bridgehead atoms. The Morgan fingerprint density at radius 3 is 2.60 bits per heavy atom. The first-order chi connectivity index (χ1) is 6.90. The standard InChI is InChI=1S/C10H16N2O3/c1-10(9(14)11-2)6-5-7(15-10)8(13)12(3)4/h5H,6H2,1-4H3,(H,11,14). The molecule has 5 nitrogen and oxygen atoms in total. The van der Waals surface area contributed by atoms with Crippen LogP contribution >= 0.6 is 0 Å². The molecule has 1 heterocycles. The zero-order chi connectivity index (χ0) is 11.6. The van der Waals surface area contributed by atoms with Crippen LogP contribution in [0.3, 0.4) is 0 Å². The summed E-state index contributed by atoms with van der Waals surface area (Å²) in [6.07, 6.45) is 2.07. The topological polar surface area (TPSA) is 58.6 Å². The summed E-state index contributed by atoms with van der Waals surface area (Å²) in [6.45, 7) is 1.66. The Kier molecular flexibility index (Phi) is 3.02. The maximum Gasteiger partial charge on any atom is 0.288 e. The smallest absolute Gasteiger partial charge is 0.288 e. The molecular weight excluding hydrogens is 196 g/mol. The van der Waals surface area contributed by atoms with Gasteiger partial charge in [0.15, 0.2) is 11.4 Å². The van der Waals surface area contributed by atoms with Crippen molar-refractivity contribution in [3.8, 4) is 0 Å². The summed E-state index contributed by atoms with van der Waals surface area (Å²) in [5, 5.41) is 2.51. The van der Waals surface area contributed by atoms with Gasteiger partial charge in [0.25, 0.3) is 11.8 Å². The van der Waals surface area contributed by atoms with Crippen LogP contribution in [0.2, 0.25) is 0 Å². The number of likely N-dealkylation sites (N-methyl/N-ethyl adjacent to an activating group) is 2. The Morgan fingerprint density at radius 2 is 2.13 bits per heavy atom. The Morgan fingerprint density at radius 1 is 1.53 bits per heavy atom. The molecule has 1 aliphatic heterocycles. The molecule has 0 aliphatic carbocycles. The number of carbonyl (C=O) groups is 2. The molecule has 1 aliphatic rings. The molecule has 1 atom stereocenters. The van der Waals surface area contributed by atoms with Crippen LogP contribution in [0.5, 0.6) is 0 Å².